The third kappa shape index (κ3) is 5.46. The number of aliphatic hydroxyl groups is 1. The lowest BCUT2D eigenvalue weighted by Crippen LogP contribution is -2.12. The Morgan fingerprint density at radius 2 is 2.00 bits per heavy atom. The van der Waals surface area contributed by atoms with Gasteiger partial charge >= 0.3 is 0 Å². The topological polar surface area (TPSA) is 114 Å². The molecule has 0 aliphatic rings. The Labute approximate surface area is 167 Å². The van der Waals surface area contributed by atoms with Gasteiger partial charge in [0, 0.05) is 11.8 Å². The standard InChI is InChI=1S/C19H19FN4O4S/c1-28-17-10-14(20)5-6-16(17)18-21-12-22-19(24-18)23-15-4-2-3-13(9-15)11-29(26,27)8-7-25/h2-6,9-10,12,25H,7-8,11H2,1H3,(H,21,22,23,24). The highest BCUT2D eigenvalue weighted by Crippen LogP contribution is 2.28. The van der Waals surface area contributed by atoms with Gasteiger partial charge in [0.2, 0.25) is 5.95 Å². The van der Waals surface area contributed by atoms with Gasteiger partial charge in [-0.2, -0.15) is 4.98 Å². The highest BCUT2D eigenvalue weighted by molar-refractivity contribution is 7.90. The molecule has 10 heteroatoms. The summed E-state index contributed by atoms with van der Waals surface area (Å²) in [7, 11) is -1.97. The van der Waals surface area contributed by atoms with E-state index in [1.165, 1.54) is 31.6 Å². The molecule has 29 heavy (non-hydrogen) atoms. The Morgan fingerprint density at radius 3 is 2.76 bits per heavy atom. The lowest BCUT2D eigenvalue weighted by atomic mass is 10.2. The minimum Gasteiger partial charge on any atom is -0.496 e. The van der Waals surface area contributed by atoms with Crippen LogP contribution in [0, 0.1) is 5.82 Å². The van der Waals surface area contributed by atoms with Crippen LogP contribution >= 0.6 is 0 Å². The number of benzene rings is 2. The smallest absolute Gasteiger partial charge is 0.230 e. The van der Waals surface area contributed by atoms with Crippen LogP contribution in [0.3, 0.4) is 0 Å². The van der Waals surface area contributed by atoms with Crippen LogP contribution in [-0.2, 0) is 15.6 Å². The van der Waals surface area contributed by atoms with Crippen LogP contribution in [0.1, 0.15) is 5.56 Å². The zero-order chi connectivity index (χ0) is 20.9. The summed E-state index contributed by atoms with van der Waals surface area (Å²) in [4.78, 5) is 12.5. The highest BCUT2D eigenvalue weighted by Gasteiger charge is 2.13. The zero-order valence-electron chi connectivity index (χ0n) is 15.5. The predicted octanol–water partition coefficient (Wildman–Crippen LogP) is 2.34. The molecule has 1 aromatic heterocycles. The number of hydrogen-bond donors (Lipinski definition) is 2. The van der Waals surface area contributed by atoms with Crippen LogP contribution in [0.2, 0.25) is 0 Å². The van der Waals surface area contributed by atoms with Crippen LogP contribution in [0.25, 0.3) is 11.4 Å². The van der Waals surface area contributed by atoms with Gasteiger partial charge in [-0.1, -0.05) is 12.1 Å². The molecule has 0 bridgehead atoms. The molecule has 2 aromatic carbocycles. The molecular formula is C19H19FN4O4S. The Balaban J connectivity index is 1.84. The van der Waals surface area contributed by atoms with E-state index in [1.54, 1.807) is 24.3 Å². The Bertz CT molecular complexity index is 1110. The number of ether oxygens (including phenoxy) is 1. The molecule has 0 saturated carbocycles. The van der Waals surface area contributed by atoms with E-state index in [0.29, 0.717) is 28.4 Å². The number of anilines is 2. The maximum Gasteiger partial charge on any atom is 0.230 e. The summed E-state index contributed by atoms with van der Waals surface area (Å²) >= 11 is 0. The van der Waals surface area contributed by atoms with Gasteiger partial charge in [0.15, 0.2) is 15.7 Å². The average molecular weight is 418 g/mol. The molecule has 0 atom stereocenters. The molecule has 0 spiro atoms. The largest absolute Gasteiger partial charge is 0.496 e. The number of methoxy groups -OCH3 is 1. The first-order valence-corrected chi connectivity index (χ1v) is 10.4. The van der Waals surface area contributed by atoms with E-state index >= 15 is 0 Å². The van der Waals surface area contributed by atoms with Crippen molar-refractivity contribution in [2.75, 3.05) is 24.8 Å². The maximum absolute atomic E-state index is 13.4. The molecular weight excluding hydrogens is 399 g/mol. The number of nitrogens with zero attached hydrogens (tertiary/aromatic N) is 3. The summed E-state index contributed by atoms with van der Waals surface area (Å²) in [5, 5.41) is 11.9. The van der Waals surface area contributed by atoms with Crippen molar-refractivity contribution in [1.82, 2.24) is 15.0 Å². The number of aliphatic hydroxyl groups excluding tert-OH is 1. The molecule has 8 nitrogen and oxygen atoms in total. The lowest BCUT2D eigenvalue weighted by molar-refractivity contribution is 0.319. The van der Waals surface area contributed by atoms with Crippen molar-refractivity contribution >= 4 is 21.5 Å². The van der Waals surface area contributed by atoms with E-state index in [9.17, 15) is 12.8 Å². The summed E-state index contributed by atoms with van der Waals surface area (Å²) in [6, 6.07) is 10.8. The molecule has 0 amide bonds. The zero-order valence-corrected chi connectivity index (χ0v) is 16.4. The second-order valence-corrected chi connectivity index (χ2v) is 8.30. The van der Waals surface area contributed by atoms with E-state index in [0.717, 1.165) is 0 Å². The second kappa shape index (κ2) is 8.93. The number of hydrogen-bond acceptors (Lipinski definition) is 8. The molecule has 1 heterocycles. The molecule has 2 N–H and O–H groups in total. The van der Waals surface area contributed by atoms with Gasteiger partial charge in [0.25, 0.3) is 0 Å². The predicted molar refractivity (Wildman–Crippen MR) is 106 cm³/mol. The minimum absolute atomic E-state index is 0.182. The molecule has 152 valence electrons. The molecule has 0 aliphatic heterocycles. The molecule has 0 aliphatic carbocycles. The van der Waals surface area contributed by atoms with Gasteiger partial charge < -0.3 is 15.2 Å². The number of halogens is 1. The van der Waals surface area contributed by atoms with Crippen molar-refractivity contribution in [1.29, 1.82) is 0 Å². The average Bonchev–Trinajstić information content (AvgIpc) is 2.68. The number of aromatic nitrogens is 3. The number of nitrogens with one attached hydrogen (secondary N) is 1. The van der Waals surface area contributed by atoms with E-state index < -0.39 is 22.3 Å². The van der Waals surface area contributed by atoms with Gasteiger partial charge in [0.1, 0.15) is 17.9 Å². The van der Waals surface area contributed by atoms with Gasteiger partial charge in [-0.15, -0.1) is 0 Å². The monoisotopic (exact) mass is 418 g/mol. The Kier molecular flexibility index (Phi) is 6.35. The molecule has 0 saturated heterocycles. The Hall–Kier alpha value is -3.11. The third-order valence-electron chi connectivity index (χ3n) is 3.95. The first kappa shape index (κ1) is 20.6. The van der Waals surface area contributed by atoms with E-state index in [2.05, 4.69) is 20.3 Å². The van der Waals surface area contributed by atoms with Crippen LogP contribution in [-0.4, -0.2) is 47.9 Å². The van der Waals surface area contributed by atoms with Gasteiger partial charge in [-0.05, 0) is 29.8 Å². The van der Waals surface area contributed by atoms with Crippen molar-refractivity contribution in [2.45, 2.75) is 5.75 Å². The Morgan fingerprint density at radius 1 is 1.17 bits per heavy atom. The van der Waals surface area contributed by atoms with Crippen molar-refractivity contribution in [3.63, 3.8) is 0 Å². The molecule has 3 aromatic rings. The molecule has 0 radical (unpaired) electrons. The van der Waals surface area contributed by atoms with Gasteiger partial charge in [-0.3, -0.25) is 0 Å². The third-order valence-corrected chi connectivity index (χ3v) is 5.53. The van der Waals surface area contributed by atoms with E-state index in [4.69, 9.17) is 9.84 Å². The quantitative estimate of drug-likeness (QED) is 0.573. The van der Waals surface area contributed by atoms with Crippen LogP contribution in [0.4, 0.5) is 16.0 Å². The minimum atomic E-state index is -3.39. The van der Waals surface area contributed by atoms with Crippen molar-refractivity contribution in [2.24, 2.45) is 0 Å². The fraction of sp³-hybridized carbons (Fsp3) is 0.211. The molecule has 3 rings (SSSR count). The summed E-state index contributed by atoms with van der Waals surface area (Å²) < 4.78 is 42.4. The molecule has 0 fully saturated rings. The SMILES string of the molecule is COc1cc(F)ccc1-c1ncnc(Nc2cccc(CS(=O)(=O)CCO)c2)n1. The molecule has 0 unspecified atom stereocenters. The van der Waals surface area contributed by atoms with E-state index in [-0.39, 0.29) is 17.5 Å². The summed E-state index contributed by atoms with van der Waals surface area (Å²) in [6.07, 6.45) is 1.31. The van der Waals surface area contributed by atoms with Gasteiger partial charge in [-0.25, -0.2) is 22.8 Å². The van der Waals surface area contributed by atoms with Crippen molar-refractivity contribution in [3.8, 4) is 17.1 Å². The van der Waals surface area contributed by atoms with E-state index in [1.807, 2.05) is 0 Å². The van der Waals surface area contributed by atoms with Crippen LogP contribution < -0.4 is 10.1 Å². The first-order chi connectivity index (χ1) is 13.9. The highest BCUT2D eigenvalue weighted by atomic mass is 32.2. The maximum atomic E-state index is 13.4. The normalized spacial score (nSPS) is 11.3. The summed E-state index contributed by atoms with van der Waals surface area (Å²) in [5.74, 6) is -0.0961. The van der Waals surface area contributed by atoms with Crippen LogP contribution in [0.5, 0.6) is 5.75 Å². The number of rotatable bonds is 8. The van der Waals surface area contributed by atoms with Gasteiger partial charge in [0.05, 0.1) is 30.8 Å². The second-order valence-electron chi connectivity index (χ2n) is 6.12. The van der Waals surface area contributed by atoms with Crippen molar-refractivity contribution < 1.29 is 22.7 Å². The fourth-order valence-electron chi connectivity index (χ4n) is 2.67. The number of sulfone groups is 1. The summed E-state index contributed by atoms with van der Waals surface area (Å²) in [5.41, 5.74) is 1.66. The van der Waals surface area contributed by atoms with Crippen molar-refractivity contribution in [3.05, 3.63) is 60.2 Å². The lowest BCUT2D eigenvalue weighted by Gasteiger charge is -2.10. The first-order valence-electron chi connectivity index (χ1n) is 8.60. The fourth-order valence-corrected chi connectivity index (χ4v) is 3.78. The summed E-state index contributed by atoms with van der Waals surface area (Å²) in [6.45, 7) is -0.416. The van der Waals surface area contributed by atoms with Crippen LogP contribution in [0.15, 0.2) is 48.8 Å².